The van der Waals surface area contributed by atoms with Crippen LogP contribution in [-0.2, 0) is 4.79 Å². The average molecular weight is 337 g/mol. The van der Waals surface area contributed by atoms with Crippen molar-refractivity contribution >= 4 is 5.91 Å². The Morgan fingerprint density at radius 3 is 2.12 bits per heavy atom. The van der Waals surface area contributed by atoms with Crippen molar-refractivity contribution in [3.8, 4) is 0 Å². The number of hydrogen-bond acceptors (Lipinski definition) is 4. The van der Waals surface area contributed by atoms with Gasteiger partial charge < -0.3 is 14.7 Å². The fourth-order valence-corrected chi connectivity index (χ4v) is 4.39. The third kappa shape index (κ3) is 4.93. The summed E-state index contributed by atoms with van der Waals surface area (Å²) in [6.45, 7) is 12.1. The molecule has 0 bridgehead atoms. The lowest BCUT2D eigenvalue weighted by Crippen LogP contribution is -2.54. The fraction of sp³-hybridized carbons (Fsp3) is 0.947. The van der Waals surface area contributed by atoms with Gasteiger partial charge in [-0.05, 0) is 64.8 Å². The van der Waals surface area contributed by atoms with E-state index in [-0.39, 0.29) is 0 Å². The third-order valence-electron chi connectivity index (χ3n) is 6.39. The molecule has 3 heterocycles. The Morgan fingerprint density at radius 1 is 0.875 bits per heavy atom. The summed E-state index contributed by atoms with van der Waals surface area (Å²) < 4.78 is 0. The molecule has 138 valence electrons. The molecule has 3 aliphatic heterocycles. The summed E-state index contributed by atoms with van der Waals surface area (Å²) in [4.78, 5) is 22.1. The third-order valence-corrected chi connectivity index (χ3v) is 6.39. The van der Waals surface area contributed by atoms with E-state index in [2.05, 4.69) is 33.6 Å². The Bertz CT molecular complexity index is 392. The van der Waals surface area contributed by atoms with Gasteiger partial charge in [-0.25, -0.2) is 0 Å². The minimum atomic E-state index is 0.372. The lowest BCUT2D eigenvalue weighted by molar-refractivity contribution is -0.133. The highest BCUT2D eigenvalue weighted by Crippen LogP contribution is 2.18. The molecule has 5 nitrogen and oxygen atoms in total. The van der Waals surface area contributed by atoms with Crippen molar-refractivity contribution < 1.29 is 4.79 Å². The van der Waals surface area contributed by atoms with Crippen LogP contribution in [0, 0.1) is 5.92 Å². The van der Waals surface area contributed by atoms with Crippen molar-refractivity contribution in [3.63, 3.8) is 0 Å². The summed E-state index contributed by atoms with van der Waals surface area (Å²) >= 11 is 0. The van der Waals surface area contributed by atoms with Crippen LogP contribution in [0.1, 0.15) is 39.0 Å². The molecule has 0 saturated carbocycles. The minimum absolute atomic E-state index is 0.372. The molecule has 0 aromatic carbocycles. The Kier molecular flexibility index (Phi) is 6.53. The van der Waals surface area contributed by atoms with E-state index < -0.39 is 0 Å². The van der Waals surface area contributed by atoms with Gasteiger partial charge in [0, 0.05) is 45.2 Å². The van der Waals surface area contributed by atoms with Gasteiger partial charge >= 0.3 is 0 Å². The molecule has 1 amide bonds. The van der Waals surface area contributed by atoms with Crippen LogP contribution in [0.3, 0.4) is 0 Å². The zero-order valence-corrected chi connectivity index (χ0v) is 15.8. The Hall–Kier alpha value is -0.650. The van der Waals surface area contributed by atoms with Crippen molar-refractivity contribution in [3.05, 3.63) is 0 Å². The first-order valence-electron chi connectivity index (χ1n) is 10.0. The highest BCUT2D eigenvalue weighted by Gasteiger charge is 2.28. The normalized spacial score (nSPS) is 26.8. The molecular formula is C19H36N4O. The average Bonchev–Trinajstić information content (AvgIpc) is 2.62. The number of carbonyl (C=O) groups excluding carboxylic acids is 1. The first-order valence-corrected chi connectivity index (χ1v) is 10.0. The maximum atomic E-state index is 12.5. The van der Waals surface area contributed by atoms with Crippen LogP contribution in [0.2, 0.25) is 0 Å². The van der Waals surface area contributed by atoms with Crippen LogP contribution in [0.5, 0.6) is 0 Å². The smallest absolute Gasteiger partial charge is 0.223 e. The Labute approximate surface area is 147 Å². The van der Waals surface area contributed by atoms with Gasteiger partial charge in [-0.1, -0.05) is 6.92 Å². The van der Waals surface area contributed by atoms with Gasteiger partial charge in [-0.15, -0.1) is 0 Å². The number of likely N-dealkylation sites (tertiary alicyclic amines) is 2. The topological polar surface area (TPSA) is 30.0 Å². The lowest BCUT2D eigenvalue weighted by Gasteiger charge is -2.42. The molecule has 0 N–H and O–H groups in total. The quantitative estimate of drug-likeness (QED) is 0.775. The largest absolute Gasteiger partial charge is 0.340 e. The molecule has 0 aliphatic carbocycles. The standard InChI is InChI=1S/C19H36N4O/c1-17-3-10-21(11-4-17)12-7-19(24)23-15-13-22(14-16-23)18-5-8-20(2)9-6-18/h17-18H,3-16H2,1-2H3. The molecule has 0 aromatic rings. The fourth-order valence-electron chi connectivity index (χ4n) is 4.39. The van der Waals surface area contributed by atoms with Gasteiger partial charge in [0.2, 0.25) is 5.91 Å². The van der Waals surface area contributed by atoms with Gasteiger partial charge in [0.1, 0.15) is 0 Å². The monoisotopic (exact) mass is 336 g/mol. The summed E-state index contributed by atoms with van der Waals surface area (Å²) in [5.74, 6) is 1.24. The number of rotatable bonds is 4. The number of piperidine rings is 2. The van der Waals surface area contributed by atoms with Gasteiger partial charge in [-0.2, -0.15) is 0 Å². The van der Waals surface area contributed by atoms with Crippen molar-refractivity contribution in [2.45, 2.75) is 45.1 Å². The van der Waals surface area contributed by atoms with E-state index in [4.69, 9.17) is 0 Å². The molecule has 0 spiro atoms. The molecular weight excluding hydrogens is 300 g/mol. The second-order valence-corrected chi connectivity index (χ2v) is 8.23. The van der Waals surface area contributed by atoms with Gasteiger partial charge in [0.05, 0.1) is 0 Å². The van der Waals surface area contributed by atoms with Crippen LogP contribution >= 0.6 is 0 Å². The van der Waals surface area contributed by atoms with Crippen molar-refractivity contribution in [2.75, 3.05) is 66.0 Å². The second kappa shape index (κ2) is 8.63. The highest BCUT2D eigenvalue weighted by molar-refractivity contribution is 5.76. The first kappa shape index (κ1) is 18.2. The number of hydrogen-bond donors (Lipinski definition) is 0. The Balaban J connectivity index is 1.34. The molecule has 3 aliphatic rings. The predicted octanol–water partition coefficient (Wildman–Crippen LogP) is 1.35. The first-order chi connectivity index (χ1) is 11.6. The molecule has 0 unspecified atom stereocenters. The van der Waals surface area contributed by atoms with E-state index in [0.717, 1.165) is 44.7 Å². The predicted molar refractivity (Wildman–Crippen MR) is 98.1 cm³/mol. The van der Waals surface area contributed by atoms with Crippen LogP contribution < -0.4 is 0 Å². The zero-order valence-electron chi connectivity index (χ0n) is 15.8. The van der Waals surface area contributed by atoms with Crippen molar-refractivity contribution in [2.24, 2.45) is 5.92 Å². The molecule has 3 saturated heterocycles. The van der Waals surface area contributed by atoms with Crippen LogP contribution in [-0.4, -0.2) is 97.5 Å². The summed E-state index contributed by atoms with van der Waals surface area (Å²) in [6.07, 6.45) is 5.88. The lowest BCUT2D eigenvalue weighted by atomic mass is 9.99. The van der Waals surface area contributed by atoms with Gasteiger partial charge in [0.15, 0.2) is 0 Å². The van der Waals surface area contributed by atoms with Crippen LogP contribution in [0.4, 0.5) is 0 Å². The summed E-state index contributed by atoms with van der Waals surface area (Å²) in [6, 6.07) is 0.744. The molecule has 24 heavy (non-hydrogen) atoms. The second-order valence-electron chi connectivity index (χ2n) is 8.23. The van der Waals surface area contributed by atoms with E-state index in [1.54, 1.807) is 0 Å². The molecule has 0 radical (unpaired) electrons. The van der Waals surface area contributed by atoms with E-state index in [9.17, 15) is 4.79 Å². The van der Waals surface area contributed by atoms with E-state index in [1.807, 2.05) is 0 Å². The maximum absolute atomic E-state index is 12.5. The Morgan fingerprint density at radius 2 is 1.50 bits per heavy atom. The number of carbonyl (C=O) groups is 1. The highest BCUT2D eigenvalue weighted by atomic mass is 16.2. The van der Waals surface area contributed by atoms with Crippen LogP contribution in [0.15, 0.2) is 0 Å². The van der Waals surface area contributed by atoms with Gasteiger partial charge in [0.25, 0.3) is 0 Å². The van der Waals surface area contributed by atoms with E-state index in [1.165, 1.54) is 51.9 Å². The summed E-state index contributed by atoms with van der Waals surface area (Å²) in [5.41, 5.74) is 0. The minimum Gasteiger partial charge on any atom is -0.340 e. The molecule has 3 fully saturated rings. The van der Waals surface area contributed by atoms with E-state index in [0.29, 0.717) is 12.3 Å². The molecule has 5 heteroatoms. The number of nitrogens with zero attached hydrogens (tertiary/aromatic N) is 4. The molecule has 0 aromatic heterocycles. The van der Waals surface area contributed by atoms with Crippen molar-refractivity contribution in [1.29, 1.82) is 0 Å². The van der Waals surface area contributed by atoms with E-state index >= 15 is 0 Å². The molecule has 3 rings (SSSR count). The zero-order chi connectivity index (χ0) is 16.9. The van der Waals surface area contributed by atoms with Crippen molar-refractivity contribution in [1.82, 2.24) is 19.6 Å². The SMILES string of the molecule is CC1CCN(CCC(=O)N2CCN(C3CCN(C)CC3)CC2)CC1. The summed E-state index contributed by atoms with van der Waals surface area (Å²) in [5, 5.41) is 0. The number of piperazine rings is 1. The maximum Gasteiger partial charge on any atom is 0.223 e. The van der Waals surface area contributed by atoms with Crippen LogP contribution in [0.25, 0.3) is 0 Å². The van der Waals surface area contributed by atoms with Gasteiger partial charge in [-0.3, -0.25) is 9.69 Å². The molecule has 0 atom stereocenters. The number of amides is 1. The summed E-state index contributed by atoms with van der Waals surface area (Å²) in [7, 11) is 2.22.